The lowest BCUT2D eigenvalue weighted by Crippen LogP contribution is -2.41. The molecule has 196 valence electrons. The van der Waals surface area contributed by atoms with Crippen LogP contribution in [0, 0.1) is 0 Å². The molecule has 1 aliphatic heterocycles. The van der Waals surface area contributed by atoms with Gasteiger partial charge in [-0.15, -0.1) is 0 Å². The number of aldehydes is 1. The van der Waals surface area contributed by atoms with E-state index >= 15 is 0 Å². The number of aliphatic hydroxyl groups excluding tert-OH is 3. The zero-order valence-electron chi connectivity index (χ0n) is 19.5. The predicted molar refractivity (Wildman–Crippen MR) is 119 cm³/mol. The van der Waals surface area contributed by atoms with Crippen molar-refractivity contribution in [3.8, 4) is 0 Å². The predicted octanol–water partition coefficient (Wildman–Crippen LogP) is -0.866. The van der Waals surface area contributed by atoms with Crippen molar-refractivity contribution in [2.24, 2.45) is 0 Å². The summed E-state index contributed by atoms with van der Waals surface area (Å²) in [5.41, 5.74) is 4.70. The second-order valence-corrected chi connectivity index (χ2v) is 9.88. The number of carbonyl (C=O) groups is 1. The van der Waals surface area contributed by atoms with Crippen LogP contribution in [0.5, 0.6) is 0 Å². The van der Waals surface area contributed by atoms with E-state index in [-0.39, 0.29) is 43.7 Å². The number of nitrogens with two attached hydrogens (primary N) is 1. The van der Waals surface area contributed by atoms with E-state index in [0.29, 0.717) is 0 Å². The van der Waals surface area contributed by atoms with Crippen molar-refractivity contribution < 1.29 is 48.3 Å². The fraction of sp³-hybridized carbons (Fsp3) is 0.737. The number of carbonyl (C=O) groups excluding carboxylic acids is 1. The van der Waals surface area contributed by atoms with Gasteiger partial charge in [0.15, 0.2) is 6.29 Å². The third kappa shape index (κ3) is 9.49. The summed E-state index contributed by atoms with van der Waals surface area (Å²) in [6.45, 7) is 6.38. The Labute approximate surface area is 196 Å². The quantitative estimate of drug-likeness (QED) is 0.181. The molecule has 1 fully saturated rings. The maximum atomic E-state index is 12.8. The third-order valence-electron chi connectivity index (χ3n) is 4.13. The number of nitrogen functional groups attached to an aromatic ring is 1. The van der Waals surface area contributed by atoms with Gasteiger partial charge in [0.2, 0.25) is 0 Å². The summed E-state index contributed by atoms with van der Waals surface area (Å²) in [4.78, 5) is 25.0. The van der Waals surface area contributed by atoms with Gasteiger partial charge in [0.25, 0.3) is 5.91 Å². The Morgan fingerprint density at radius 3 is 2.35 bits per heavy atom. The lowest BCUT2D eigenvalue weighted by Gasteiger charge is -2.25. The van der Waals surface area contributed by atoms with Crippen LogP contribution in [0.2, 0.25) is 0 Å². The number of anilines is 1. The van der Waals surface area contributed by atoms with Crippen LogP contribution in [0.25, 0.3) is 0 Å². The highest BCUT2D eigenvalue weighted by Crippen LogP contribution is 2.51. The van der Waals surface area contributed by atoms with Crippen molar-refractivity contribution in [3.63, 3.8) is 0 Å². The Morgan fingerprint density at radius 1 is 1.32 bits per heavy atom. The molecule has 0 radical (unpaired) electrons. The standard InChI is InChI=1S/C15H26N3O7P.C4H8O4/c1-10(2)24-26(21,25-11(3)4)9-22-12-7-15(20,23-8-12)18-6-5-13(16)17-14(18)19;5-1-3(7)4(8)2-6/h5-6,10-12,20H,7-9H2,1-4H3,(H2,16,17,19);1,3-4,6-8H,2H2/t12-,15?;3-,4-/m11/s1. The molecule has 15 heteroatoms. The number of nitrogens with zero attached hydrogens (tertiary/aromatic N) is 2. The molecule has 0 saturated carbocycles. The number of hydrogen-bond donors (Lipinski definition) is 5. The normalized spacial score (nSPS) is 22.4. The van der Waals surface area contributed by atoms with E-state index in [0.717, 1.165) is 4.57 Å². The van der Waals surface area contributed by atoms with Gasteiger partial charge in [0.1, 0.15) is 24.4 Å². The van der Waals surface area contributed by atoms with Crippen molar-refractivity contribution in [1.82, 2.24) is 9.55 Å². The average molecular weight is 511 g/mol. The van der Waals surface area contributed by atoms with Gasteiger partial charge < -0.3 is 49.5 Å². The topological polar surface area (TPSA) is 213 Å². The van der Waals surface area contributed by atoms with Gasteiger partial charge in [0, 0.05) is 6.20 Å². The fourth-order valence-electron chi connectivity index (χ4n) is 2.72. The molecule has 0 spiro atoms. The minimum atomic E-state index is -3.47. The molecular weight excluding hydrogens is 477 g/mol. The molecular formula is C19H34N3O11P. The van der Waals surface area contributed by atoms with E-state index in [4.69, 9.17) is 39.6 Å². The van der Waals surface area contributed by atoms with Crippen molar-refractivity contribution in [3.05, 3.63) is 22.7 Å². The summed E-state index contributed by atoms with van der Waals surface area (Å²) in [5.74, 6) is -1.87. The van der Waals surface area contributed by atoms with Crippen LogP contribution in [-0.2, 0) is 33.8 Å². The minimum Gasteiger partial charge on any atom is -0.394 e. The Hall–Kier alpha value is -1.74. The van der Waals surface area contributed by atoms with Crippen LogP contribution < -0.4 is 11.4 Å². The molecule has 0 amide bonds. The lowest BCUT2D eigenvalue weighted by atomic mass is 10.2. The highest BCUT2D eigenvalue weighted by molar-refractivity contribution is 7.53. The largest absolute Gasteiger partial charge is 0.394 e. The van der Waals surface area contributed by atoms with Gasteiger partial charge in [-0.3, -0.25) is 4.57 Å². The highest BCUT2D eigenvalue weighted by atomic mass is 31.2. The molecule has 0 aliphatic carbocycles. The van der Waals surface area contributed by atoms with E-state index in [9.17, 15) is 19.3 Å². The number of ether oxygens (including phenoxy) is 2. The van der Waals surface area contributed by atoms with Gasteiger partial charge >= 0.3 is 13.3 Å². The third-order valence-corrected chi connectivity index (χ3v) is 6.08. The Morgan fingerprint density at radius 2 is 1.91 bits per heavy atom. The zero-order valence-corrected chi connectivity index (χ0v) is 20.4. The van der Waals surface area contributed by atoms with Gasteiger partial charge in [-0.25, -0.2) is 9.36 Å². The molecule has 0 bridgehead atoms. The van der Waals surface area contributed by atoms with Crippen LogP contribution in [0.15, 0.2) is 17.1 Å². The zero-order chi connectivity index (χ0) is 26.1. The van der Waals surface area contributed by atoms with Crippen molar-refractivity contribution in [2.45, 2.75) is 70.5 Å². The van der Waals surface area contributed by atoms with Crippen molar-refractivity contribution >= 4 is 19.7 Å². The van der Waals surface area contributed by atoms with Crippen LogP contribution in [0.1, 0.15) is 34.1 Å². The summed E-state index contributed by atoms with van der Waals surface area (Å²) in [6.07, 6.45) is -2.90. The first kappa shape index (κ1) is 30.3. The number of aromatic nitrogens is 2. The minimum absolute atomic E-state index is 0.00330. The molecule has 1 saturated heterocycles. The van der Waals surface area contributed by atoms with Crippen LogP contribution in [-0.4, -0.2) is 86.3 Å². The molecule has 2 heterocycles. The molecule has 34 heavy (non-hydrogen) atoms. The first-order valence-electron chi connectivity index (χ1n) is 10.5. The van der Waals surface area contributed by atoms with E-state index in [2.05, 4.69) is 4.98 Å². The molecule has 2 rings (SSSR count). The summed E-state index contributed by atoms with van der Waals surface area (Å²) in [7, 11) is -3.47. The molecule has 14 nitrogen and oxygen atoms in total. The van der Waals surface area contributed by atoms with E-state index in [1.165, 1.54) is 12.3 Å². The maximum absolute atomic E-state index is 12.8. The first-order chi connectivity index (χ1) is 15.7. The molecule has 1 aromatic heterocycles. The van der Waals surface area contributed by atoms with Gasteiger partial charge in [-0.05, 0) is 33.8 Å². The van der Waals surface area contributed by atoms with Crippen LogP contribution >= 0.6 is 7.60 Å². The number of hydrogen-bond acceptors (Lipinski definition) is 13. The van der Waals surface area contributed by atoms with Crippen molar-refractivity contribution in [2.75, 3.05) is 25.3 Å². The first-order valence-corrected chi connectivity index (χ1v) is 12.2. The van der Waals surface area contributed by atoms with E-state index in [1.54, 1.807) is 27.7 Å². The maximum Gasteiger partial charge on any atom is 0.356 e. The fourth-order valence-corrected chi connectivity index (χ4v) is 4.57. The summed E-state index contributed by atoms with van der Waals surface area (Å²) in [5, 5.41) is 35.4. The Bertz CT molecular complexity index is 867. The molecule has 1 aromatic rings. The Kier molecular flexibility index (Phi) is 11.9. The van der Waals surface area contributed by atoms with E-state index < -0.39 is 44.1 Å². The molecule has 1 aliphatic rings. The SMILES string of the molecule is CC(C)OP(=O)(CO[C@H]1COC(O)(n2ccc(N)nc2=O)C1)OC(C)C.O=C[C@@H](O)[C@H](O)CO. The van der Waals surface area contributed by atoms with E-state index in [1.807, 2.05) is 0 Å². The summed E-state index contributed by atoms with van der Waals surface area (Å²) in [6, 6.07) is 1.37. The highest BCUT2D eigenvalue weighted by Gasteiger charge is 2.43. The average Bonchev–Trinajstić information content (AvgIpc) is 3.12. The van der Waals surface area contributed by atoms with Gasteiger partial charge in [-0.2, -0.15) is 4.98 Å². The lowest BCUT2D eigenvalue weighted by molar-refractivity contribution is -0.237. The second kappa shape index (κ2) is 13.4. The molecule has 1 unspecified atom stereocenters. The Balaban J connectivity index is 0.000000620. The van der Waals surface area contributed by atoms with Gasteiger partial charge in [0.05, 0.1) is 37.9 Å². The van der Waals surface area contributed by atoms with Gasteiger partial charge in [-0.1, -0.05) is 0 Å². The van der Waals surface area contributed by atoms with Crippen LogP contribution in [0.3, 0.4) is 0 Å². The summed E-state index contributed by atoms with van der Waals surface area (Å²) < 4.78 is 35.4. The number of aliphatic hydroxyl groups is 4. The molecule has 0 aromatic carbocycles. The van der Waals surface area contributed by atoms with Crippen molar-refractivity contribution in [1.29, 1.82) is 0 Å². The number of rotatable bonds is 11. The summed E-state index contributed by atoms with van der Waals surface area (Å²) >= 11 is 0. The smallest absolute Gasteiger partial charge is 0.356 e. The monoisotopic (exact) mass is 511 g/mol. The molecule has 4 atom stereocenters. The van der Waals surface area contributed by atoms with Crippen LogP contribution in [0.4, 0.5) is 5.82 Å². The molecule has 6 N–H and O–H groups in total. The second-order valence-electron chi connectivity index (χ2n) is 7.98.